The lowest BCUT2D eigenvalue weighted by atomic mass is 9.92. The minimum absolute atomic E-state index is 0.106. The van der Waals surface area contributed by atoms with Crippen molar-refractivity contribution in [3.05, 3.63) is 41.1 Å². The number of halogens is 2. The molecule has 4 rings (SSSR count). The van der Waals surface area contributed by atoms with E-state index < -0.39 is 11.6 Å². The van der Waals surface area contributed by atoms with Crippen LogP contribution in [0.15, 0.2) is 29.0 Å². The Hall–Kier alpha value is -2.78. The minimum atomic E-state index is -2.56. The van der Waals surface area contributed by atoms with E-state index in [4.69, 9.17) is 4.99 Å². The fourth-order valence-electron chi connectivity index (χ4n) is 4.41. The molecule has 3 heterocycles. The highest BCUT2D eigenvalue weighted by Gasteiger charge is 2.37. The summed E-state index contributed by atoms with van der Waals surface area (Å²) in [7, 11) is 1.85. The molecular weight excluding hydrogens is 402 g/mol. The second kappa shape index (κ2) is 8.05. The molecule has 0 aromatic carbocycles. The molecule has 1 atom stereocenters. The van der Waals surface area contributed by atoms with Crippen molar-refractivity contribution in [1.82, 2.24) is 35.4 Å². The SMILES string of the molecule is Cc1cc(C)n(C2(C)CC(NCc3cnnn3C)=CC(=NC3CCC(F)(F)CC3)N2)n1. The fourth-order valence-corrected chi connectivity index (χ4v) is 4.41. The van der Waals surface area contributed by atoms with Crippen LogP contribution < -0.4 is 10.6 Å². The third kappa shape index (κ3) is 4.77. The molecular formula is C21H30F2N8. The Balaban J connectivity index is 1.60. The number of rotatable bonds is 5. The van der Waals surface area contributed by atoms with Gasteiger partial charge in [0.15, 0.2) is 0 Å². The molecule has 1 fully saturated rings. The first-order chi connectivity index (χ1) is 14.6. The van der Waals surface area contributed by atoms with Gasteiger partial charge in [0.05, 0.1) is 30.2 Å². The second-order valence-electron chi connectivity index (χ2n) is 8.89. The van der Waals surface area contributed by atoms with Crippen LogP contribution in [-0.4, -0.2) is 42.6 Å². The van der Waals surface area contributed by atoms with E-state index in [2.05, 4.69) is 33.0 Å². The molecule has 1 aliphatic heterocycles. The summed E-state index contributed by atoms with van der Waals surface area (Å²) in [6.45, 7) is 6.65. The summed E-state index contributed by atoms with van der Waals surface area (Å²) in [5, 5.41) is 19.6. The summed E-state index contributed by atoms with van der Waals surface area (Å²) in [4.78, 5) is 4.82. The van der Waals surface area contributed by atoms with Crippen LogP contribution in [0, 0.1) is 13.8 Å². The van der Waals surface area contributed by atoms with Gasteiger partial charge < -0.3 is 10.6 Å². The lowest BCUT2D eigenvalue weighted by molar-refractivity contribution is -0.0374. The Morgan fingerprint density at radius 2 is 2.03 bits per heavy atom. The van der Waals surface area contributed by atoms with E-state index in [-0.39, 0.29) is 18.9 Å². The number of aliphatic imine (C=N–C) groups is 1. The smallest absolute Gasteiger partial charge is 0.248 e. The molecule has 8 nitrogen and oxygen atoms in total. The van der Waals surface area contributed by atoms with Gasteiger partial charge in [0.25, 0.3) is 0 Å². The van der Waals surface area contributed by atoms with Crippen molar-refractivity contribution in [2.45, 2.75) is 77.0 Å². The molecule has 0 spiro atoms. The Bertz CT molecular complexity index is 995. The molecule has 2 N–H and O–H groups in total. The molecule has 10 heteroatoms. The largest absolute Gasteiger partial charge is 0.382 e. The van der Waals surface area contributed by atoms with Crippen LogP contribution in [0.1, 0.15) is 56.1 Å². The minimum Gasteiger partial charge on any atom is -0.382 e. The summed E-state index contributed by atoms with van der Waals surface area (Å²) >= 11 is 0. The zero-order chi connectivity index (χ0) is 22.2. The van der Waals surface area contributed by atoms with E-state index in [1.165, 1.54) is 0 Å². The summed E-state index contributed by atoms with van der Waals surface area (Å²) in [5.41, 5.74) is 3.41. The van der Waals surface area contributed by atoms with Gasteiger partial charge in [0, 0.05) is 37.7 Å². The highest BCUT2D eigenvalue weighted by molar-refractivity contribution is 5.95. The molecule has 0 radical (unpaired) electrons. The summed E-state index contributed by atoms with van der Waals surface area (Å²) in [5.74, 6) is -1.86. The zero-order valence-electron chi connectivity index (χ0n) is 18.5. The summed E-state index contributed by atoms with van der Waals surface area (Å²) < 4.78 is 30.8. The number of aryl methyl sites for hydroxylation is 3. The molecule has 2 aliphatic rings. The molecule has 1 saturated carbocycles. The molecule has 2 aromatic rings. The first kappa shape index (κ1) is 21.5. The maximum Gasteiger partial charge on any atom is 0.248 e. The van der Waals surface area contributed by atoms with Gasteiger partial charge in [-0.2, -0.15) is 5.10 Å². The van der Waals surface area contributed by atoms with Gasteiger partial charge in [-0.15, -0.1) is 5.10 Å². The number of aromatic nitrogens is 5. The van der Waals surface area contributed by atoms with E-state index >= 15 is 0 Å². The van der Waals surface area contributed by atoms with Crippen LogP contribution in [0.25, 0.3) is 0 Å². The third-order valence-corrected chi connectivity index (χ3v) is 6.03. The predicted molar refractivity (Wildman–Crippen MR) is 114 cm³/mol. The molecule has 0 amide bonds. The van der Waals surface area contributed by atoms with E-state index in [0.29, 0.717) is 31.6 Å². The zero-order valence-corrected chi connectivity index (χ0v) is 18.5. The Morgan fingerprint density at radius 1 is 1.29 bits per heavy atom. The van der Waals surface area contributed by atoms with Crippen molar-refractivity contribution in [2.75, 3.05) is 0 Å². The predicted octanol–water partition coefficient (Wildman–Crippen LogP) is 2.94. The molecule has 1 aliphatic carbocycles. The van der Waals surface area contributed by atoms with Gasteiger partial charge in [-0.25, -0.2) is 13.5 Å². The molecule has 2 aromatic heterocycles. The molecule has 168 valence electrons. The quantitative estimate of drug-likeness (QED) is 0.759. The lowest BCUT2D eigenvalue weighted by Gasteiger charge is -2.38. The van der Waals surface area contributed by atoms with Crippen molar-refractivity contribution < 1.29 is 8.78 Å². The Morgan fingerprint density at radius 3 is 2.65 bits per heavy atom. The van der Waals surface area contributed by atoms with Crippen LogP contribution in [-0.2, 0) is 19.3 Å². The monoisotopic (exact) mass is 432 g/mol. The second-order valence-corrected chi connectivity index (χ2v) is 8.89. The number of nitrogens with zero attached hydrogens (tertiary/aromatic N) is 6. The van der Waals surface area contributed by atoms with E-state index in [9.17, 15) is 8.78 Å². The van der Waals surface area contributed by atoms with Gasteiger partial charge in [0.1, 0.15) is 11.5 Å². The number of amidine groups is 1. The number of nitrogens with one attached hydrogen (secondary N) is 2. The van der Waals surface area contributed by atoms with Gasteiger partial charge in [-0.05, 0) is 45.8 Å². The van der Waals surface area contributed by atoms with Gasteiger partial charge in [-0.3, -0.25) is 9.67 Å². The fraction of sp³-hybridized carbons (Fsp3) is 0.619. The van der Waals surface area contributed by atoms with Crippen LogP contribution in [0.4, 0.5) is 8.78 Å². The van der Waals surface area contributed by atoms with E-state index in [1.54, 1.807) is 10.9 Å². The van der Waals surface area contributed by atoms with Crippen molar-refractivity contribution in [2.24, 2.45) is 12.0 Å². The average molecular weight is 433 g/mol. The lowest BCUT2D eigenvalue weighted by Crippen LogP contribution is -2.53. The molecule has 0 bridgehead atoms. The standard InChI is InChI=1S/C21H30F2N8/c1-14-9-15(2)31(28-14)20(3)11-17(24-12-18-13-25-29-30(18)4)10-19(27-20)26-16-5-7-21(22,23)8-6-16/h9-10,13,16,24H,5-8,11-12H2,1-4H3,(H,26,27). The van der Waals surface area contributed by atoms with Crippen LogP contribution >= 0.6 is 0 Å². The number of alkyl halides is 2. The van der Waals surface area contributed by atoms with Gasteiger partial charge in [-0.1, -0.05) is 5.21 Å². The maximum atomic E-state index is 13.6. The first-order valence-electron chi connectivity index (χ1n) is 10.7. The maximum absolute atomic E-state index is 13.6. The average Bonchev–Trinajstić information content (AvgIpc) is 3.26. The van der Waals surface area contributed by atoms with Crippen LogP contribution in [0.5, 0.6) is 0 Å². The first-order valence-corrected chi connectivity index (χ1v) is 10.7. The van der Waals surface area contributed by atoms with Crippen molar-refractivity contribution in [3.8, 4) is 0 Å². The Kier molecular flexibility index (Phi) is 5.57. The van der Waals surface area contributed by atoms with E-state index in [1.807, 2.05) is 37.7 Å². The topological polar surface area (TPSA) is 85.0 Å². The molecule has 31 heavy (non-hydrogen) atoms. The normalized spacial score (nSPS) is 25.4. The van der Waals surface area contributed by atoms with Crippen molar-refractivity contribution in [1.29, 1.82) is 0 Å². The Labute approximate surface area is 180 Å². The summed E-state index contributed by atoms with van der Waals surface area (Å²) in [6.07, 6.45) is 4.95. The van der Waals surface area contributed by atoms with Gasteiger partial charge in [0.2, 0.25) is 5.92 Å². The number of hydrogen-bond donors (Lipinski definition) is 2. The molecule has 1 unspecified atom stereocenters. The highest BCUT2D eigenvalue weighted by Crippen LogP contribution is 2.35. The van der Waals surface area contributed by atoms with Crippen molar-refractivity contribution in [3.63, 3.8) is 0 Å². The van der Waals surface area contributed by atoms with Gasteiger partial charge >= 0.3 is 0 Å². The summed E-state index contributed by atoms with van der Waals surface area (Å²) in [6, 6.07) is 1.93. The molecule has 0 saturated heterocycles. The highest BCUT2D eigenvalue weighted by atomic mass is 19.3. The van der Waals surface area contributed by atoms with Crippen molar-refractivity contribution >= 4 is 5.84 Å². The van der Waals surface area contributed by atoms with Crippen LogP contribution in [0.2, 0.25) is 0 Å². The number of hydrogen-bond acceptors (Lipinski definition) is 5. The van der Waals surface area contributed by atoms with Crippen LogP contribution in [0.3, 0.4) is 0 Å². The van der Waals surface area contributed by atoms with E-state index in [0.717, 1.165) is 22.8 Å². The third-order valence-electron chi connectivity index (χ3n) is 6.03.